The molecule has 0 aromatic heterocycles. The first-order valence-corrected chi connectivity index (χ1v) is 7.76. The van der Waals surface area contributed by atoms with Crippen molar-refractivity contribution in [3.63, 3.8) is 0 Å². The zero-order chi connectivity index (χ0) is 13.8. The van der Waals surface area contributed by atoms with Crippen LogP contribution in [0.3, 0.4) is 0 Å². The van der Waals surface area contributed by atoms with E-state index in [4.69, 9.17) is 5.11 Å². The predicted octanol–water partition coefficient (Wildman–Crippen LogP) is -0.463. The van der Waals surface area contributed by atoms with Crippen molar-refractivity contribution in [1.82, 2.24) is 10.2 Å². The van der Waals surface area contributed by atoms with Crippen LogP contribution in [0.1, 0.15) is 12.8 Å². The molecule has 0 aliphatic carbocycles. The summed E-state index contributed by atoms with van der Waals surface area (Å²) in [6.45, 7) is 1.21. The summed E-state index contributed by atoms with van der Waals surface area (Å²) in [4.78, 5) is 23.4. The predicted molar refractivity (Wildman–Crippen MR) is 65.0 cm³/mol. The molecule has 2 N–H and O–H groups in total. The third-order valence-corrected chi connectivity index (χ3v) is 3.71. The highest BCUT2D eigenvalue weighted by Gasteiger charge is 2.31. The van der Waals surface area contributed by atoms with Crippen LogP contribution in [0.2, 0.25) is 0 Å². The first kappa shape index (κ1) is 14.7. The Morgan fingerprint density at radius 3 is 2.50 bits per heavy atom. The fourth-order valence-corrected chi connectivity index (χ4v) is 2.42. The lowest BCUT2D eigenvalue weighted by Crippen LogP contribution is -2.54. The van der Waals surface area contributed by atoms with Crippen molar-refractivity contribution in [3.05, 3.63) is 0 Å². The van der Waals surface area contributed by atoms with Gasteiger partial charge >= 0.3 is 12.0 Å². The van der Waals surface area contributed by atoms with Gasteiger partial charge in [0.05, 0.1) is 12.2 Å². The number of carbonyl (C=O) groups excluding carboxylic acids is 1. The Bertz CT molecular complexity index is 414. The number of aliphatic carboxylic acids is 1. The number of nitrogens with zero attached hydrogens (tertiary/aromatic N) is 1. The van der Waals surface area contributed by atoms with Crippen LogP contribution in [-0.2, 0) is 14.6 Å². The average Bonchev–Trinajstić information content (AvgIpc) is 2.15. The Morgan fingerprint density at radius 1 is 1.39 bits per heavy atom. The summed E-state index contributed by atoms with van der Waals surface area (Å²) in [7, 11) is -2.99. The van der Waals surface area contributed by atoms with Gasteiger partial charge in [-0.05, 0) is 6.42 Å². The van der Waals surface area contributed by atoms with Crippen molar-refractivity contribution in [2.75, 3.05) is 31.6 Å². The topological polar surface area (TPSA) is 104 Å². The first-order valence-electron chi connectivity index (χ1n) is 5.70. The molecule has 0 spiro atoms. The molecule has 1 rings (SSSR count). The van der Waals surface area contributed by atoms with Gasteiger partial charge in [0.15, 0.2) is 0 Å². The largest absolute Gasteiger partial charge is 0.481 e. The van der Waals surface area contributed by atoms with E-state index in [0.29, 0.717) is 26.1 Å². The van der Waals surface area contributed by atoms with E-state index in [2.05, 4.69) is 5.32 Å². The maximum atomic E-state index is 11.5. The Morgan fingerprint density at radius 2 is 2.00 bits per heavy atom. The van der Waals surface area contributed by atoms with Gasteiger partial charge in [-0.1, -0.05) is 0 Å². The van der Waals surface area contributed by atoms with Crippen LogP contribution in [0.25, 0.3) is 0 Å². The first-order chi connectivity index (χ1) is 8.28. The molecular formula is C10H18N2O5S. The lowest BCUT2D eigenvalue weighted by molar-refractivity contribution is -0.139. The van der Waals surface area contributed by atoms with E-state index in [1.54, 1.807) is 0 Å². The van der Waals surface area contributed by atoms with E-state index < -0.39 is 15.8 Å². The minimum absolute atomic E-state index is 0.0317. The molecule has 7 nitrogen and oxygen atoms in total. The number of carbonyl (C=O) groups is 2. The van der Waals surface area contributed by atoms with E-state index in [1.165, 1.54) is 4.90 Å². The molecule has 1 saturated heterocycles. The Balaban J connectivity index is 2.11. The summed E-state index contributed by atoms with van der Waals surface area (Å²) in [5, 5.41) is 11.2. The standard InChI is InChI=1S/C10H18N2O5S/c1-18(16,17)4-2-3-11-10(15)12-6-8(7-12)5-9(13)14/h8H,2-7H2,1H3,(H,11,15)(H,13,14). The molecule has 0 aromatic carbocycles. The minimum atomic E-state index is -2.99. The van der Waals surface area contributed by atoms with Gasteiger partial charge in [0.25, 0.3) is 0 Å². The molecule has 1 aliphatic rings. The number of sulfone groups is 1. The molecule has 0 radical (unpaired) electrons. The van der Waals surface area contributed by atoms with E-state index >= 15 is 0 Å². The molecule has 0 bridgehead atoms. The van der Waals surface area contributed by atoms with E-state index in [9.17, 15) is 18.0 Å². The van der Waals surface area contributed by atoms with Crippen LogP contribution >= 0.6 is 0 Å². The third kappa shape index (κ3) is 5.35. The summed E-state index contributed by atoms with van der Waals surface area (Å²) >= 11 is 0. The smallest absolute Gasteiger partial charge is 0.317 e. The number of carboxylic acid groups (broad SMARTS) is 1. The highest BCUT2D eigenvalue weighted by molar-refractivity contribution is 7.90. The second-order valence-electron chi connectivity index (χ2n) is 4.58. The molecule has 2 amide bonds. The van der Waals surface area contributed by atoms with E-state index in [-0.39, 0.29) is 24.1 Å². The fraction of sp³-hybridized carbons (Fsp3) is 0.800. The van der Waals surface area contributed by atoms with Crippen LogP contribution in [-0.4, -0.2) is 62.1 Å². The van der Waals surface area contributed by atoms with Crippen LogP contribution in [0.15, 0.2) is 0 Å². The van der Waals surface area contributed by atoms with Gasteiger partial charge in [0.2, 0.25) is 0 Å². The van der Waals surface area contributed by atoms with Gasteiger partial charge in [0.1, 0.15) is 9.84 Å². The fourth-order valence-electron chi connectivity index (χ4n) is 1.75. The summed E-state index contributed by atoms with van der Waals surface area (Å²) in [6.07, 6.45) is 1.62. The maximum Gasteiger partial charge on any atom is 0.317 e. The maximum absolute atomic E-state index is 11.5. The van der Waals surface area contributed by atoms with Crippen LogP contribution < -0.4 is 5.32 Å². The number of carboxylic acids is 1. The highest BCUT2D eigenvalue weighted by atomic mass is 32.2. The van der Waals surface area contributed by atoms with Crippen molar-refractivity contribution in [1.29, 1.82) is 0 Å². The molecule has 1 fully saturated rings. The van der Waals surface area contributed by atoms with Crippen molar-refractivity contribution in [2.24, 2.45) is 5.92 Å². The number of likely N-dealkylation sites (tertiary alicyclic amines) is 1. The number of hydrogen-bond donors (Lipinski definition) is 2. The zero-order valence-electron chi connectivity index (χ0n) is 10.3. The van der Waals surface area contributed by atoms with Gasteiger partial charge in [-0.3, -0.25) is 4.79 Å². The van der Waals surface area contributed by atoms with Crippen LogP contribution in [0.4, 0.5) is 4.79 Å². The van der Waals surface area contributed by atoms with Crippen molar-refractivity contribution in [3.8, 4) is 0 Å². The van der Waals surface area contributed by atoms with Crippen molar-refractivity contribution in [2.45, 2.75) is 12.8 Å². The summed E-state index contributed by atoms with van der Waals surface area (Å²) in [6, 6.07) is -0.259. The molecule has 1 aliphatic heterocycles. The van der Waals surface area contributed by atoms with Gasteiger partial charge in [0, 0.05) is 31.8 Å². The van der Waals surface area contributed by atoms with Crippen LogP contribution in [0, 0.1) is 5.92 Å². The Hall–Kier alpha value is -1.31. The molecule has 0 unspecified atom stereocenters. The molecule has 8 heteroatoms. The van der Waals surface area contributed by atoms with Gasteiger partial charge in [-0.25, -0.2) is 13.2 Å². The normalized spacial score (nSPS) is 16.2. The molecule has 0 aromatic rings. The van der Waals surface area contributed by atoms with E-state index in [1.807, 2.05) is 0 Å². The third-order valence-electron chi connectivity index (χ3n) is 2.68. The molecule has 0 saturated carbocycles. The molecule has 1 heterocycles. The molecule has 104 valence electrons. The lowest BCUT2D eigenvalue weighted by atomic mass is 9.97. The second-order valence-corrected chi connectivity index (χ2v) is 6.84. The zero-order valence-corrected chi connectivity index (χ0v) is 11.1. The molecular weight excluding hydrogens is 260 g/mol. The Labute approximate surface area is 106 Å². The second kappa shape index (κ2) is 6.03. The number of nitrogens with one attached hydrogen (secondary N) is 1. The summed E-state index contributed by atoms with van der Waals surface area (Å²) < 4.78 is 21.7. The van der Waals surface area contributed by atoms with Gasteiger partial charge in [-0.15, -0.1) is 0 Å². The summed E-state index contributed by atoms with van der Waals surface area (Å²) in [5.74, 6) is -0.771. The lowest BCUT2D eigenvalue weighted by Gasteiger charge is -2.38. The van der Waals surface area contributed by atoms with Gasteiger partial charge < -0.3 is 15.3 Å². The number of urea groups is 1. The molecule has 0 atom stereocenters. The monoisotopic (exact) mass is 278 g/mol. The van der Waals surface area contributed by atoms with Gasteiger partial charge in [-0.2, -0.15) is 0 Å². The van der Waals surface area contributed by atoms with Crippen molar-refractivity contribution < 1.29 is 23.1 Å². The van der Waals surface area contributed by atoms with Crippen LogP contribution in [0.5, 0.6) is 0 Å². The summed E-state index contributed by atoms with van der Waals surface area (Å²) in [5.41, 5.74) is 0. The minimum Gasteiger partial charge on any atom is -0.481 e. The number of amides is 2. The number of rotatable bonds is 6. The van der Waals surface area contributed by atoms with E-state index in [0.717, 1.165) is 6.26 Å². The quantitative estimate of drug-likeness (QED) is 0.640. The average molecular weight is 278 g/mol. The number of hydrogen-bond acceptors (Lipinski definition) is 4. The SMILES string of the molecule is CS(=O)(=O)CCCNC(=O)N1CC(CC(=O)O)C1. The van der Waals surface area contributed by atoms with Crippen molar-refractivity contribution >= 4 is 21.8 Å². The highest BCUT2D eigenvalue weighted by Crippen LogP contribution is 2.18. The Kier molecular flexibility index (Phi) is 4.94. The molecule has 18 heavy (non-hydrogen) atoms.